The molecule has 2 heterocycles. The fraction of sp³-hybridized carbons (Fsp3) is 0.211. The topological polar surface area (TPSA) is 55.1 Å². The summed E-state index contributed by atoms with van der Waals surface area (Å²) in [5.41, 5.74) is 3.04. The molecule has 0 spiro atoms. The maximum Gasteiger partial charge on any atom is 0.232 e. The predicted molar refractivity (Wildman–Crippen MR) is 98.7 cm³/mol. The fourth-order valence-electron chi connectivity index (χ4n) is 2.32. The van der Waals surface area contributed by atoms with Gasteiger partial charge in [0.15, 0.2) is 24.1 Å². The molecule has 0 fully saturated rings. The van der Waals surface area contributed by atoms with E-state index in [2.05, 4.69) is 10.3 Å². The second-order valence-electron chi connectivity index (χ2n) is 5.68. The molecule has 0 radical (unpaired) electrons. The van der Waals surface area contributed by atoms with Crippen molar-refractivity contribution in [1.29, 1.82) is 0 Å². The molecule has 0 saturated carbocycles. The van der Waals surface area contributed by atoms with E-state index in [4.69, 9.17) is 4.74 Å². The number of hydrogen-bond donors (Lipinski definition) is 1. The average molecular weight is 354 g/mol. The van der Waals surface area contributed by atoms with Crippen LogP contribution in [0.2, 0.25) is 0 Å². The smallest absolute Gasteiger partial charge is 0.232 e. The van der Waals surface area contributed by atoms with Gasteiger partial charge in [-0.05, 0) is 36.8 Å². The summed E-state index contributed by atoms with van der Waals surface area (Å²) in [6.07, 6.45) is 4.37. The molecular formula is C19H20N3O2S+. The second-order valence-corrected chi connectivity index (χ2v) is 6.54. The van der Waals surface area contributed by atoms with Crippen molar-refractivity contribution in [2.24, 2.45) is 0 Å². The molecule has 1 N–H and O–H groups in total. The van der Waals surface area contributed by atoms with Gasteiger partial charge in [0.1, 0.15) is 5.75 Å². The molecule has 1 aromatic carbocycles. The average Bonchev–Trinajstić information content (AvgIpc) is 3.10. The lowest BCUT2D eigenvalue weighted by atomic mass is 10.2. The van der Waals surface area contributed by atoms with E-state index >= 15 is 0 Å². The number of nitrogens with one attached hydrogen (secondary N) is 1. The van der Waals surface area contributed by atoms with Gasteiger partial charge in [-0.15, -0.1) is 11.3 Å². The van der Waals surface area contributed by atoms with Crippen LogP contribution in [0.4, 0.5) is 5.13 Å². The summed E-state index contributed by atoms with van der Waals surface area (Å²) in [5.74, 6) is 0.768. The lowest BCUT2D eigenvalue weighted by Crippen LogP contribution is -2.34. The van der Waals surface area contributed by atoms with Gasteiger partial charge >= 0.3 is 0 Å². The maximum atomic E-state index is 12.1. The number of benzene rings is 1. The number of hydrogen-bond acceptors (Lipinski definition) is 4. The summed E-state index contributed by atoms with van der Waals surface area (Å²) in [7, 11) is 1.64. The van der Waals surface area contributed by atoms with Gasteiger partial charge in [-0.2, -0.15) is 0 Å². The molecule has 0 aliphatic rings. The van der Waals surface area contributed by atoms with Crippen molar-refractivity contribution < 1.29 is 14.1 Å². The Labute approximate surface area is 150 Å². The molecule has 0 unspecified atom stereocenters. The summed E-state index contributed by atoms with van der Waals surface area (Å²) in [6.45, 7) is 2.68. The standard InChI is InChI=1S/C19H19N3O2S/c1-14-7-10-22(11-8-14)12-9-18(23)21-19-20-17(13-25-19)15-3-5-16(24-2)6-4-15/h3-8,10-11,13H,9,12H2,1-2H3/p+1. The number of rotatable bonds is 6. The number of anilines is 1. The second kappa shape index (κ2) is 7.90. The number of carbonyl (C=O) groups is 1. The van der Waals surface area contributed by atoms with Crippen LogP contribution in [0.25, 0.3) is 11.3 Å². The minimum Gasteiger partial charge on any atom is -0.497 e. The van der Waals surface area contributed by atoms with Crippen molar-refractivity contribution in [3.63, 3.8) is 0 Å². The summed E-state index contributed by atoms with van der Waals surface area (Å²) in [4.78, 5) is 16.6. The third-order valence-corrected chi connectivity index (χ3v) is 4.55. The third-order valence-electron chi connectivity index (χ3n) is 3.79. The zero-order chi connectivity index (χ0) is 17.6. The van der Waals surface area contributed by atoms with Crippen LogP contribution in [0, 0.1) is 6.92 Å². The number of carbonyl (C=O) groups excluding carboxylic acids is 1. The highest BCUT2D eigenvalue weighted by molar-refractivity contribution is 7.14. The number of thiazole rings is 1. The first kappa shape index (κ1) is 17.1. The van der Waals surface area contributed by atoms with Gasteiger partial charge in [-0.3, -0.25) is 4.79 Å². The summed E-state index contributed by atoms with van der Waals surface area (Å²) < 4.78 is 7.15. The normalized spacial score (nSPS) is 10.5. The molecule has 2 aromatic heterocycles. The number of nitrogens with zero attached hydrogens (tertiary/aromatic N) is 2. The van der Waals surface area contributed by atoms with Gasteiger partial charge in [0.2, 0.25) is 5.91 Å². The number of ether oxygens (including phenoxy) is 1. The zero-order valence-electron chi connectivity index (χ0n) is 14.2. The molecule has 25 heavy (non-hydrogen) atoms. The molecular weight excluding hydrogens is 334 g/mol. The molecule has 1 amide bonds. The van der Waals surface area contributed by atoms with Crippen LogP contribution in [0.1, 0.15) is 12.0 Å². The van der Waals surface area contributed by atoms with E-state index < -0.39 is 0 Å². The SMILES string of the molecule is COc1ccc(-c2csc(NC(=O)CC[n+]3ccc(C)cc3)n2)cc1. The summed E-state index contributed by atoms with van der Waals surface area (Å²) >= 11 is 1.43. The molecule has 0 atom stereocenters. The van der Waals surface area contributed by atoms with Crippen molar-refractivity contribution in [1.82, 2.24) is 4.98 Å². The van der Waals surface area contributed by atoms with Crippen LogP contribution in [0.3, 0.4) is 0 Å². The molecule has 0 bridgehead atoms. The number of aromatic nitrogens is 2. The van der Waals surface area contributed by atoms with Crippen molar-refractivity contribution in [2.75, 3.05) is 12.4 Å². The van der Waals surface area contributed by atoms with Crippen molar-refractivity contribution in [2.45, 2.75) is 19.9 Å². The highest BCUT2D eigenvalue weighted by atomic mass is 32.1. The predicted octanol–water partition coefficient (Wildman–Crippen LogP) is 3.44. The quantitative estimate of drug-likeness (QED) is 0.690. The zero-order valence-corrected chi connectivity index (χ0v) is 15.0. The van der Waals surface area contributed by atoms with E-state index in [9.17, 15) is 4.79 Å². The van der Waals surface area contributed by atoms with Crippen LogP contribution in [0.15, 0.2) is 54.2 Å². The lowest BCUT2D eigenvalue weighted by molar-refractivity contribution is -0.695. The molecule has 3 aromatic rings. The van der Waals surface area contributed by atoms with Gasteiger partial charge < -0.3 is 10.1 Å². The Morgan fingerprint density at radius 3 is 2.60 bits per heavy atom. The number of pyridine rings is 1. The van der Waals surface area contributed by atoms with Crippen LogP contribution in [-0.4, -0.2) is 18.0 Å². The van der Waals surface area contributed by atoms with Crippen molar-refractivity contribution >= 4 is 22.4 Å². The van der Waals surface area contributed by atoms with E-state index in [0.717, 1.165) is 17.0 Å². The molecule has 6 heteroatoms. The van der Waals surface area contributed by atoms with E-state index in [1.165, 1.54) is 16.9 Å². The van der Waals surface area contributed by atoms with Crippen LogP contribution >= 0.6 is 11.3 Å². The van der Waals surface area contributed by atoms with Crippen LogP contribution in [-0.2, 0) is 11.3 Å². The van der Waals surface area contributed by atoms with E-state index in [0.29, 0.717) is 18.1 Å². The van der Waals surface area contributed by atoms with Crippen LogP contribution in [0.5, 0.6) is 5.75 Å². The molecule has 0 aliphatic heterocycles. The minimum absolute atomic E-state index is 0.0382. The first-order valence-corrected chi connectivity index (χ1v) is 8.87. The number of methoxy groups -OCH3 is 1. The Bertz CT molecular complexity index is 842. The van der Waals surface area contributed by atoms with Crippen molar-refractivity contribution in [3.8, 4) is 17.0 Å². The molecule has 0 aliphatic carbocycles. The van der Waals surface area contributed by atoms with E-state index in [1.54, 1.807) is 7.11 Å². The molecule has 3 rings (SSSR count). The largest absolute Gasteiger partial charge is 0.497 e. The molecule has 0 saturated heterocycles. The van der Waals surface area contributed by atoms with Gasteiger partial charge in [0.25, 0.3) is 0 Å². The lowest BCUT2D eigenvalue weighted by Gasteiger charge is -2.01. The highest BCUT2D eigenvalue weighted by Gasteiger charge is 2.10. The maximum absolute atomic E-state index is 12.1. The summed E-state index contributed by atoms with van der Waals surface area (Å²) in [5, 5.41) is 5.42. The monoisotopic (exact) mass is 354 g/mol. The molecule has 128 valence electrons. The Hall–Kier alpha value is -2.73. The highest BCUT2D eigenvalue weighted by Crippen LogP contribution is 2.26. The van der Waals surface area contributed by atoms with Gasteiger partial charge in [-0.1, -0.05) is 0 Å². The van der Waals surface area contributed by atoms with Crippen LogP contribution < -0.4 is 14.6 Å². The first-order valence-electron chi connectivity index (χ1n) is 7.99. The van der Waals surface area contributed by atoms with Gasteiger partial charge in [0.05, 0.1) is 19.2 Å². The van der Waals surface area contributed by atoms with Gasteiger partial charge in [-0.25, -0.2) is 9.55 Å². The first-order chi connectivity index (χ1) is 12.1. The Morgan fingerprint density at radius 2 is 1.92 bits per heavy atom. The van der Waals surface area contributed by atoms with E-state index in [1.807, 2.05) is 65.7 Å². The minimum atomic E-state index is -0.0382. The van der Waals surface area contributed by atoms with Crippen molar-refractivity contribution in [3.05, 3.63) is 59.7 Å². The Balaban J connectivity index is 1.56. The Kier molecular flexibility index (Phi) is 5.40. The summed E-state index contributed by atoms with van der Waals surface area (Å²) in [6, 6.07) is 11.7. The number of amides is 1. The fourth-order valence-corrected chi connectivity index (χ4v) is 3.05. The third kappa shape index (κ3) is 4.64. The van der Waals surface area contributed by atoms with E-state index in [-0.39, 0.29) is 5.91 Å². The number of aryl methyl sites for hydroxylation is 2. The van der Waals surface area contributed by atoms with Gasteiger partial charge in [0, 0.05) is 23.1 Å². The molecule has 5 nitrogen and oxygen atoms in total. The Morgan fingerprint density at radius 1 is 1.20 bits per heavy atom.